The second kappa shape index (κ2) is 7.92. The second-order valence-electron chi connectivity index (χ2n) is 6.15. The van der Waals surface area contributed by atoms with E-state index in [1.165, 1.54) is 26.5 Å². The zero-order chi connectivity index (χ0) is 21.3. The first kappa shape index (κ1) is 20.9. The van der Waals surface area contributed by atoms with E-state index in [4.69, 9.17) is 26.2 Å². The Balaban J connectivity index is 2.27. The maximum absolute atomic E-state index is 13.5. The molecule has 0 fully saturated rings. The van der Waals surface area contributed by atoms with E-state index < -0.39 is 21.8 Å². The number of aromatic nitrogens is 1. The van der Waals surface area contributed by atoms with Gasteiger partial charge in [-0.05, 0) is 36.2 Å². The highest BCUT2D eigenvalue weighted by atomic mass is 35.5. The molecule has 0 radical (unpaired) electrons. The molecule has 1 N–H and O–H groups in total. The van der Waals surface area contributed by atoms with Crippen LogP contribution in [0.15, 0.2) is 41.4 Å². The van der Waals surface area contributed by atoms with Crippen molar-refractivity contribution < 1.29 is 32.2 Å². The average Bonchev–Trinajstić information content (AvgIpc) is 3.05. The first-order chi connectivity index (χ1) is 13.7. The van der Waals surface area contributed by atoms with Gasteiger partial charge in [0.05, 0.1) is 29.7 Å². The third kappa shape index (κ3) is 3.88. The Labute approximate surface area is 171 Å². The topological polar surface area (TPSA) is 94.8 Å². The molecule has 7 nitrogen and oxygen atoms in total. The van der Waals surface area contributed by atoms with E-state index in [2.05, 4.69) is 0 Å². The maximum Gasteiger partial charge on any atom is 0.303 e. The molecule has 0 aliphatic carbocycles. The quantitative estimate of drug-likeness (QED) is 0.600. The van der Waals surface area contributed by atoms with E-state index in [0.29, 0.717) is 22.4 Å². The zero-order valence-corrected chi connectivity index (χ0v) is 17.1. The van der Waals surface area contributed by atoms with E-state index in [1.807, 2.05) is 0 Å². The number of halogens is 2. The summed E-state index contributed by atoms with van der Waals surface area (Å²) >= 11 is 5.75. The number of carboxylic acid groups (broad SMARTS) is 1. The van der Waals surface area contributed by atoms with Crippen molar-refractivity contribution in [3.8, 4) is 11.5 Å². The number of nitrogens with zero attached hydrogens (tertiary/aromatic N) is 1. The summed E-state index contributed by atoms with van der Waals surface area (Å²) in [5.74, 6) is -1.08. The van der Waals surface area contributed by atoms with Crippen molar-refractivity contribution in [1.82, 2.24) is 3.97 Å². The van der Waals surface area contributed by atoms with Gasteiger partial charge in [-0.3, -0.25) is 4.79 Å². The Bertz CT molecular complexity index is 1210. The third-order valence-corrected chi connectivity index (χ3v) is 6.37. The van der Waals surface area contributed by atoms with Crippen LogP contribution in [0.1, 0.15) is 12.0 Å². The van der Waals surface area contributed by atoms with Gasteiger partial charge in [0.25, 0.3) is 10.0 Å². The van der Waals surface area contributed by atoms with E-state index in [-0.39, 0.29) is 28.3 Å². The smallest absolute Gasteiger partial charge is 0.303 e. The predicted octanol–water partition coefficient (Wildman–Crippen LogP) is 3.71. The highest BCUT2D eigenvalue weighted by molar-refractivity contribution is 7.90. The fraction of sp³-hybridized carbons (Fsp3) is 0.211. The minimum Gasteiger partial charge on any atom is -0.493 e. The molecule has 3 aromatic rings. The monoisotopic (exact) mass is 441 g/mol. The molecule has 0 unspecified atom stereocenters. The molecule has 2 aromatic carbocycles. The van der Waals surface area contributed by atoms with Crippen molar-refractivity contribution >= 4 is 38.5 Å². The van der Waals surface area contributed by atoms with Crippen LogP contribution >= 0.6 is 11.6 Å². The lowest BCUT2D eigenvalue weighted by atomic mass is 10.1. The lowest BCUT2D eigenvalue weighted by Crippen LogP contribution is -2.12. The zero-order valence-electron chi connectivity index (χ0n) is 15.5. The van der Waals surface area contributed by atoms with Gasteiger partial charge < -0.3 is 14.6 Å². The summed E-state index contributed by atoms with van der Waals surface area (Å²) in [5.41, 5.74) is 0.767. The molecule has 0 atom stereocenters. The van der Waals surface area contributed by atoms with Gasteiger partial charge in [0.15, 0.2) is 11.5 Å². The molecule has 29 heavy (non-hydrogen) atoms. The van der Waals surface area contributed by atoms with E-state index in [0.717, 1.165) is 22.2 Å². The average molecular weight is 442 g/mol. The number of aliphatic carboxylic acids is 1. The first-order valence-corrected chi connectivity index (χ1v) is 10.2. The van der Waals surface area contributed by atoms with Crippen molar-refractivity contribution in [3.63, 3.8) is 0 Å². The fourth-order valence-electron chi connectivity index (χ4n) is 2.98. The van der Waals surface area contributed by atoms with Crippen LogP contribution in [0.5, 0.6) is 11.5 Å². The molecule has 0 saturated heterocycles. The number of fused-ring (bicyclic) bond motifs is 1. The van der Waals surface area contributed by atoms with Crippen LogP contribution in [-0.4, -0.2) is 37.7 Å². The van der Waals surface area contributed by atoms with E-state index in [9.17, 15) is 17.6 Å². The summed E-state index contributed by atoms with van der Waals surface area (Å²) in [6.45, 7) is 0. The molecule has 0 aliphatic rings. The number of rotatable bonds is 7. The van der Waals surface area contributed by atoms with Gasteiger partial charge in [-0.25, -0.2) is 16.8 Å². The number of ether oxygens (including phenoxy) is 2. The molecule has 3 rings (SSSR count). The number of carboxylic acids is 1. The molecule has 0 spiro atoms. The molecule has 0 saturated carbocycles. The molecule has 10 heteroatoms. The molecule has 154 valence electrons. The lowest BCUT2D eigenvalue weighted by molar-refractivity contribution is -0.136. The van der Waals surface area contributed by atoms with Crippen LogP contribution in [0, 0.1) is 5.82 Å². The standard InChI is InChI=1S/C19H17ClFNO6S/c1-27-17-8-13-11(3-6-19(23)24)10-22(16(13)9-18(17)28-2)29(25,26)12-4-5-15(21)14(20)7-12/h4-5,7-10H,3,6H2,1-2H3,(H,23,24). The van der Waals surface area contributed by atoms with Crippen LogP contribution in [-0.2, 0) is 21.2 Å². The van der Waals surface area contributed by atoms with Gasteiger partial charge in [0.2, 0.25) is 0 Å². The molecule has 1 heterocycles. The molecule has 1 aromatic heterocycles. The summed E-state index contributed by atoms with van der Waals surface area (Å²) < 4.78 is 51.4. The molecule has 0 bridgehead atoms. The maximum atomic E-state index is 13.5. The highest BCUT2D eigenvalue weighted by Crippen LogP contribution is 2.36. The lowest BCUT2D eigenvalue weighted by Gasteiger charge is -2.11. The van der Waals surface area contributed by atoms with E-state index >= 15 is 0 Å². The normalized spacial score (nSPS) is 11.6. The largest absolute Gasteiger partial charge is 0.493 e. The van der Waals surface area contributed by atoms with Crippen molar-refractivity contribution in [1.29, 1.82) is 0 Å². The summed E-state index contributed by atoms with van der Waals surface area (Å²) in [6, 6.07) is 6.18. The second-order valence-corrected chi connectivity index (χ2v) is 8.37. The van der Waals surface area contributed by atoms with Gasteiger partial charge in [-0.1, -0.05) is 11.6 Å². The Hall–Kier alpha value is -2.78. The van der Waals surface area contributed by atoms with Crippen LogP contribution in [0.3, 0.4) is 0 Å². The number of hydrogen-bond donors (Lipinski definition) is 1. The Morgan fingerprint density at radius 2 is 1.83 bits per heavy atom. The number of methoxy groups -OCH3 is 2. The Morgan fingerprint density at radius 3 is 2.41 bits per heavy atom. The summed E-state index contributed by atoms with van der Waals surface area (Å²) in [6.07, 6.45) is 1.27. The number of benzene rings is 2. The van der Waals surface area contributed by atoms with Crippen LogP contribution in [0.25, 0.3) is 10.9 Å². The molecule has 0 aliphatic heterocycles. The number of carbonyl (C=O) groups is 1. The Morgan fingerprint density at radius 1 is 1.17 bits per heavy atom. The SMILES string of the molecule is COc1cc2c(CCC(=O)O)cn(S(=O)(=O)c3ccc(F)c(Cl)c3)c2cc1OC. The van der Waals surface area contributed by atoms with Gasteiger partial charge in [-0.2, -0.15) is 0 Å². The third-order valence-electron chi connectivity index (χ3n) is 4.41. The van der Waals surface area contributed by atoms with E-state index in [1.54, 1.807) is 6.07 Å². The van der Waals surface area contributed by atoms with Crippen LogP contribution in [0.4, 0.5) is 4.39 Å². The molecule has 0 amide bonds. The molecular formula is C19H17ClFNO6S. The van der Waals surface area contributed by atoms with Crippen molar-refractivity contribution in [2.24, 2.45) is 0 Å². The predicted molar refractivity (Wildman–Crippen MR) is 105 cm³/mol. The summed E-state index contributed by atoms with van der Waals surface area (Å²) in [7, 11) is -1.29. The van der Waals surface area contributed by atoms with Crippen LogP contribution in [0.2, 0.25) is 5.02 Å². The summed E-state index contributed by atoms with van der Waals surface area (Å²) in [4.78, 5) is 10.8. The number of aryl methyl sites for hydroxylation is 1. The van der Waals surface area contributed by atoms with Crippen molar-refractivity contribution in [2.45, 2.75) is 17.7 Å². The summed E-state index contributed by atoms with van der Waals surface area (Å²) in [5, 5.41) is 9.19. The van der Waals surface area contributed by atoms with Gasteiger partial charge in [-0.15, -0.1) is 0 Å². The fourth-order valence-corrected chi connectivity index (χ4v) is 4.63. The van der Waals surface area contributed by atoms with Gasteiger partial charge in [0, 0.05) is 24.1 Å². The van der Waals surface area contributed by atoms with Gasteiger partial charge >= 0.3 is 5.97 Å². The Kier molecular flexibility index (Phi) is 5.72. The van der Waals surface area contributed by atoms with Crippen molar-refractivity contribution in [2.75, 3.05) is 14.2 Å². The first-order valence-electron chi connectivity index (χ1n) is 8.37. The van der Waals surface area contributed by atoms with Crippen LogP contribution < -0.4 is 9.47 Å². The minimum absolute atomic E-state index is 0.105. The number of hydrogen-bond acceptors (Lipinski definition) is 5. The molecular weight excluding hydrogens is 425 g/mol. The van der Waals surface area contributed by atoms with Crippen molar-refractivity contribution in [3.05, 3.63) is 52.9 Å². The van der Waals surface area contributed by atoms with Gasteiger partial charge in [0.1, 0.15) is 5.82 Å². The minimum atomic E-state index is -4.15. The highest BCUT2D eigenvalue weighted by Gasteiger charge is 2.24.